The van der Waals surface area contributed by atoms with Crippen LogP contribution in [-0.2, 0) is 25.9 Å². The molecule has 0 N–H and O–H groups in total. The number of rotatable bonds is 4. The van der Waals surface area contributed by atoms with Gasteiger partial charge in [0.1, 0.15) is 24.6 Å². The Bertz CT molecular complexity index is 1230. The molecule has 4 nitrogen and oxygen atoms in total. The van der Waals surface area contributed by atoms with Crippen LogP contribution >= 0.6 is 15.9 Å². The van der Waals surface area contributed by atoms with Gasteiger partial charge in [0.15, 0.2) is 11.0 Å². The average molecular weight is 462 g/mol. The minimum absolute atomic E-state index is 0.765. The smallest absolute Gasteiger partial charge is 0.245 e. The van der Waals surface area contributed by atoms with E-state index < -0.39 is 0 Å². The lowest BCUT2D eigenvalue weighted by atomic mass is 9.99. The topological polar surface area (TPSA) is 27.3 Å². The summed E-state index contributed by atoms with van der Waals surface area (Å²) >= 11 is 3.53. The number of ether oxygens (including phenoxy) is 2. The first-order valence-electron chi connectivity index (χ1n) is 10.4. The second-order valence-corrected chi connectivity index (χ2v) is 8.92. The minimum atomic E-state index is 0.765. The second-order valence-electron chi connectivity index (χ2n) is 8.00. The van der Waals surface area contributed by atoms with Crippen LogP contribution in [0, 0.1) is 0 Å². The Hall–Kier alpha value is -2.79. The molecular weight excluding hydrogens is 440 g/mol. The van der Waals surface area contributed by atoms with E-state index in [1.807, 2.05) is 0 Å². The van der Waals surface area contributed by atoms with Gasteiger partial charge in [0.2, 0.25) is 6.33 Å². The maximum absolute atomic E-state index is 6.07. The zero-order valence-corrected chi connectivity index (χ0v) is 18.2. The molecule has 150 valence electrons. The molecule has 30 heavy (non-hydrogen) atoms. The summed E-state index contributed by atoms with van der Waals surface area (Å²) in [7, 11) is 0. The molecule has 2 aliphatic heterocycles. The Morgan fingerprint density at radius 2 is 1.80 bits per heavy atom. The van der Waals surface area contributed by atoms with Crippen molar-refractivity contribution in [2.75, 3.05) is 13.2 Å². The largest absolute Gasteiger partial charge is 0.493 e. The highest BCUT2D eigenvalue weighted by Gasteiger charge is 2.28. The van der Waals surface area contributed by atoms with Crippen LogP contribution in [0.25, 0.3) is 11.0 Å². The third-order valence-corrected chi connectivity index (χ3v) is 6.66. The zero-order valence-electron chi connectivity index (χ0n) is 16.6. The number of halogens is 1. The Morgan fingerprint density at radius 1 is 0.967 bits per heavy atom. The molecule has 5 heteroatoms. The highest BCUT2D eigenvalue weighted by Crippen LogP contribution is 2.41. The molecule has 0 saturated carbocycles. The van der Waals surface area contributed by atoms with Crippen molar-refractivity contribution in [1.29, 1.82) is 0 Å². The number of aromatic nitrogens is 2. The number of hydrogen-bond donors (Lipinski definition) is 0. The summed E-state index contributed by atoms with van der Waals surface area (Å²) in [6.45, 7) is 3.16. The van der Waals surface area contributed by atoms with E-state index in [9.17, 15) is 0 Å². The highest BCUT2D eigenvalue weighted by molar-refractivity contribution is 9.10. The Labute approximate surface area is 183 Å². The van der Waals surface area contributed by atoms with Crippen molar-refractivity contribution in [3.8, 4) is 11.5 Å². The van der Waals surface area contributed by atoms with Gasteiger partial charge in [-0.05, 0) is 35.9 Å². The van der Waals surface area contributed by atoms with Crippen molar-refractivity contribution < 1.29 is 14.0 Å². The fourth-order valence-corrected chi connectivity index (χ4v) is 4.97. The number of imidazole rings is 1. The van der Waals surface area contributed by atoms with Gasteiger partial charge in [-0.3, -0.25) is 0 Å². The Morgan fingerprint density at radius 3 is 2.70 bits per heavy atom. The lowest BCUT2D eigenvalue weighted by Crippen LogP contribution is -2.32. The lowest BCUT2D eigenvalue weighted by Gasteiger charge is -2.11. The van der Waals surface area contributed by atoms with Crippen LogP contribution in [0.3, 0.4) is 0 Å². The molecule has 0 spiro atoms. The molecule has 0 saturated heterocycles. The van der Waals surface area contributed by atoms with Gasteiger partial charge >= 0.3 is 0 Å². The number of benzene rings is 3. The van der Waals surface area contributed by atoms with Crippen molar-refractivity contribution in [3.63, 3.8) is 0 Å². The summed E-state index contributed by atoms with van der Waals surface area (Å²) < 4.78 is 17.8. The monoisotopic (exact) mass is 461 g/mol. The molecule has 0 aliphatic carbocycles. The fourth-order valence-electron chi connectivity index (χ4n) is 4.70. The summed E-state index contributed by atoms with van der Waals surface area (Å²) in [6, 6.07) is 19.4. The summed E-state index contributed by atoms with van der Waals surface area (Å²) in [5.41, 5.74) is 7.64. The SMILES string of the molecule is Brc1ccc(C[n+]2cn(Cc3c4c(cc5c3OCC5)OCC4)c3ccccc32)cc1. The summed E-state index contributed by atoms with van der Waals surface area (Å²) in [5.74, 6) is 2.13. The molecule has 0 bridgehead atoms. The number of nitrogens with zero attached hydrogens (tertiary/aromatic N) is 2. The van der Waals surface area contributed by atoms with Crippen LogP contribution in [0.15, 0.2) is 65.4 Å². The fraction of sp³-hybridized carbons (Fsp3) is 0.240. The summed E-state index contributed by atoms with van der Waals surface area (Å²) in [5, 5.41) is 0. The predicted octanol–water partition coefficient (Wildman–Crippen LogP) is 4.66. The third-order valence-electron chi connectivity index (χ3n) is 6.13. The summed E-state index contributed by atoms with van der Waals surface area (Å²) in [4.78, 5) is 0. The molecule has 1 aromatic heterocycles. The Kier molecular flexibility index (Phi) is 4.30. The minimum Gasteiger partial charge on any atom is -0.493 e. The maximum Gasteiger partial charge on any atom is 0.245 e. The van der Waals surface area contributed by atoms with E-state index in [4.69, 9.17) is 9.47 Å². The zero-order chi connectivity index (χ0) is 20.1. The number of hydrogen-bond acceptors (Lipinski definition) is 2. The molecule has 0 fully saturated rings. The number of para-hydroxylation sites is 2. The molecule has 0 radical (unpaired) electrons. The highest BCUT2D eigenvalue weighted by atomic mass is 79.9. The summed E-state index contributed by atoms with van der Waals surface area (Å²) in [6.07, 6.45) is 4.16. The van der Waals surface area contributed by atoms with E-state index in [-0.39, 0.29) is 0 Å². The van der Waals surface area contributed by atoms with Crippen molar-refractivity contribution in [2.45, 2.75) is 25.9 Å². The first-order chi connectivity index (χ1) is 14.8. The van der Waals surface area contributed by atoms with Gasteiger partial charge in [0, 0.05) is 34.0 Å². The molecule has 4 aromatic rings. The molecule has 3 aromatic carbocycles. The van der Waals surface area contributed by atoms with Crippen LogP contribution in [0.5, 0.6) is 11.5 Å². The molecular formula is C25H22BrN2O2+. The molecule has 3 heterocycles. The average Bonchev–Trinajstić information content (AvgIpc) is 3.49. The maximum atomic E-state index is 6.07. The van der Waals surface area contributed by atoms with Gasteiger partial charge in [-0.2, -0.15) is 0 Å². The van der Waals surface area contributed by atoms with E-state index in [2.05, 4.69) is 86.0 Å². The molecule has 2 aliphatic rings. The Balaban J connectivity index is 1.44. The first kappa shape index (κ1) is 18.0. The van der Waals surface area contributed by atoms with Gasteiger partial charge in [-0.25, -0.2) is 9.13 Å². The van der Waals surface area contributed by atoms with Crippen LogP contribution in [0.1, 0.15) is 22.3 Å². The van der Waals surface area contributed by atoms with Crippen LogP contribution in [-0.4, -0.2) is 17.8 Å². The van der Waals surface area contributed by atoms with Crippen molar-refractivity contribution in [3.05, 3.63) is 87.7 Å². The second kappa shape index (κ2) is 7.17. The van der Waals surface area contributed by atoms with E-state index in [0.717, 1.165) is 55.1 Å². The van der Waals surface area contributed by atoms with Gasteiger partial charge < -0.3 is 9.47 Å². The van der Waals surface area contributed by atoms with Crippen molar-refractivity contribution in [1.82, 2.24) is 4.57 Å². The van der Waals surface area contributed by atoms with E-state index in [1.165, 1.54) is 33.3 Å². The molecule has 6 rings (SSSR count). The van der Waals surface area contributed by atoms with Gasteiger partial charge in [0.05, 0.1) is 13.2 Å². The normalized spacial score (nSPS) is 14.4. The van der Waals surface area contributed by atoms with E-state index in [1.54, 1.807) is 0 Å². The molecule has 0 unspecified atom stereocenters. The van der Waals surface area contributed by atoms with E-state index in [0.29, 0.717) is 0 Å². The quantitative estimate of drug-likeness (QED) is 0.413. The van der Waals surface area contributed by atoms with Crippen LogP contribution < -0.4 is 14.0 Å². The molecule has 0 amide bonds. The van der Waals surface area contributed by atoms with Crippen molar-refractivity contribution in [2.24, 2.45) is 0 Å². The van der Waals surface area contributed by atoms with Crippen LogP contribution in [0.4, 0.5) is 0 Å². The van der Waals surface area contributed by atoms with Gasteiger partial charge in [-0.15, -0.1) is 0 Å². The van der Waals surface area contributed by atoms with Crippen LogP contribution in [0.2, 0.25) is 0 Å². The first-order valence-corrected chi connectivity index (χ1v) is 11.2. The van der Waals surface area contributed by atoms with E-state index >= 15 is 0 Å². The predicted molar refractivity (Wildman–Crippen MR) is 119 cm³/mol. The van der Waals surface area contributed by atoms with Gasteiger partial charge in [0.25, 0.3) is 0 Å². The standard InChI is InChI=1S/C25H22BrN2O2/c26-19-7-5-17(6-8-19)14-27-16-28(23-4-2-1-3-22(23)27)15-21-20-10-12-29-24(20)13-18-9-11-30-25(18)21/h1-8,13,16H,9-12,14-15H2/q+1. The molecule has 0 atom stereocenters. The lowest BCUT2D eigenvalue weighted by molar-refractivity contribution is -0.663. The number of fused-ring (bicyclic) bond motifs is 3. The van der Waals surface area contributed by atoms with Gasteiger partial charge in [-0.1, -0.05) is 40.2 Å². The third kappa shape index (κ3) is 3.00. The van der Waals surface area contributed by atoms with Crippen molar-refractivity contribution >= 4 is 27.0 Å².